The number of amides is 2. The van der Waals surface area contributed by atoms with Gasteiger partial charge in [0.05, 0.1) is 17.7 Å². The molecule has 3 aliphatic carbocycles. The monoisotopic (exact) mass is 895 g/mol. The molecule has 66 heavy (non-hydrogen) atoms. The third-order valence-electron chi connectivity index (χ3n) is 14.1. The number of fused-ring (bicyclic) bond motifs is 1. The molecule has 4 fully saturated rings. The van der Waals surface area contributed by atoms with E-state index in [-0.39, 0.29) is 52.3 Å². The summed E-state index contributed by atoms with van der Waals surface area (Å²) in [5.74, 6) is 1.68. The fourth-order valence-electron chi connectivity index (χ4n) is 10.5. The molecule has 0 atom stereocenters. The average molecular weight is 896 g/mol. The first-order valence-electron chi connectivity index (χ1n) is 23.4. The van der Waals surface area contributed by atoms with Crippen LogP contribution in [0.5, 0.6) is 0 Å². The van der Waals surface area contributed by atoms with Crippen LogP contribution in [0, 0.1) is 12.3 Å². The van der Waals surface area contributed by atoms with Gasteiger partial charge in [0.25, 0.3) is 11.5 Å². The minimum Gasteiger partial charge on any atom is -0.382 e. The van der Waals surface area contributed by atoms with Crippen LogP contribution in [0.3, 0.4) is 0 Å². The van der Waals surface area contributed by atoms with E-state index in [2.05, 4.69) is 64.2 Å². The first-order valence-corrected chi connectivity index (χ1v) is 23.4. The smallest absolute Gasteiger partial charge is 0.263 e. The molecule has 17 heteroatoms. The van der Waals surface area contributed by atoms with Crippen molar-refractivity contribution in [2.45, 2.75) is 103 Å². The van der Waals surface area contributed by atoms with Crippen molar-refractivity contribution in [2.75, 3.05) is 67.7 Å². The maximum atomic E-state index is 13.6. The van der Waals surface area contributed by atoms with Crippen LogP contribution < -0.4 is 31.7 Å². The number of nitrogens with one attached hydrogen (secondary N) is 4. The Labute approximate surface area is 385 Å². The van der Waals surface area contributed by atoms with Gasteiger partial charge in [0, 0.05) is 88.4 Å². The van der Waals surface area contributed by atoms with E-state index in [1.54, 1.807) is 23.8 Å². The molecule has 1 aliphatic heterocycles. The van der Waals surface area contributed by atoms with E-state index in [0.717, 1.165) is 107 Å². The highest BCUT2D eigenvalue weighted by Gasteiger charge is 2.53. The zero-order chi connectivity index (χ0) is 46.1. The van der Waals surface area contributed by atoms with Crippen molar-refractivity contribution in [3.8, 4) is 0 Å². The molecule has 1 saturated heterocycles. The first kappa shape index (κ1) is 44.9. The summed E-state index contributed by atoms with van der Waals surface area (Å²) >= 11 is 0. The largest absolute Gasteiger partial charge is 0.382 e. The molecule has 4 aromatic heterocycles. The number of aryl methyl sites for hydroxylation is 2. The molecule has 1 spiro atoms. The van der Waals surface area contributed by atoms with E-state index in [1.807, 2.05) is 55.5 Å². The second-order valence-electron chi connectivity index (χ2n) is 19.1. The average Bonchev–Trinajstić information content (AvgIpc) is 3.81. The SMILES string of the molecule is CCc1ccc(C(=O)Nc2ccc(N(C)C)nn2)c(NC2CC3(CC(NC(=O)CN4CCN(Cc5ccc(Nc6ncc7c(C)c(C(C)=O)c(=O)n(C8CCCC8)c7n6)nc5)CC4)C3)C2)c1. The number of hydrogen-bond acceptors (Lipinski definition) is 14. The van der Waals surface area contributed by atoms with Crippen LogP contribution in [0.25, 0.3) is 11.0 Å². The summed E-state index contributed by atoms with van der Waals surface area (Å²) < 4.78 is 1.72. The van der Waals surface area contributed by atoms with Gasteiger partial charge in [0.1, 0.15) is 11.5 Å². The second-order valence-corrected chi connectivity index (χ2v) is 19.1. The summed E-state index contributed by atoms with van der Waals surface area (Å²) in [4.78, 5) is 73.0. The van der Waals surface area contributed by atoms with E-state index in [4.69, 9.17) is 4.98 Å². The van der Waals surface area contributed by atoms with Gasteiger partial charge < -0.3 is 26.2 Å². The molecule has 4 aliphatic rings. The van der Waals surface area contributed by atoms with Crippen molar-refractivity contribution in [1.29, 1.82) is 0 Å². The Morgan fingerprint density at radius 3 is 2.23 bits per heavy atom. The molecule has 346 valence electrons. The van der Waals surface area contributed by atoms with Gasteiger partial charge in [-0.3, -0.25) is 33.5 Å². The number of benzene rings is 1. The Bertz CT molecular complexity index is 2660. The van der Waals surface area contributed by atoms with Crippen LogP contribution in [0.2, 0.25) is 0 Å². The van der Waals surface area contributed by atoms with Gasteiger partial charge in [-0.15, -0.1) is 10.2 Å². The van der Waals surface area contributed by atoms with Crippen LogP contribution in [0.1, 0.15) is 109 Å². The summed E-state index contributed by atoms with van der Waals surface area (Å²) in [5, 5.41) is 22.1. The third kappa shape index (κ3) is 9.63. The third-order valence-corrected chi connectivity index (χ3v) is 14.1. The van der Waals surface area contributed by atoms with E-state index < -0.39 is 0 Å². The van der Waals surface area contributed by atoms with E-state index in [0.29, 0.717) is 52.1 Å². The predicted octanol–water partition coefficient (Wildman–Crippen LogP) is 5.88. The number of hydrogen-bond donors (Lipinski definition) is 4. The number of rotatable bonds is 15. The van der Waals surface area contributed by atoms with E-state index in [1.165, 1.54) is 6.92 Å². The summed E-state index contributed by atoms with van der Waals surface area (Å²) in [5.41, 5.74) is 5.00. The molecular formula is C49H61N13O4. The van der Waals surface area contributed by atoms with Crippen LogP contribution in [0.15, 0.2) is 59.7 Å². The number of Topliss-reactive ketones (excluding diaryl/α,β-unsaturated/α-hetero) is 1. The van der Waals surface area contributed by atoms with E-state index >= 15 is 0 Å². The lowest BCUT2D eigenvalue weighted by Gasteiger charge is -2.58. The fraction of sp³-hybridized carbons (Fsp3) is 0.490. The Morgan fingerprint density at radius 2 is 1.56 bits per heavy atom. The summed E-state index contributed by atoms with van der Waals surface area (Å²) in [7, 11) is 3.79. The zero-order valence-electron chi connectivity index (χ0n) is 38.7. The second kappa shape index (κ2) is 18.9. The van der Waals surface area contributed by atoms with Gasteiger partial charge in [-0.05, 0) is 111 Å². The minimum atomic E-state index is -0.273. The van der Waals surface area contributed by atoms with Gasteiger partial charge in [0.15, 0.2) is 17.4 Å². The molecule has 3 saturated carbocycles. The Balaban J connectivity index is 0.706. The highest BCUT2D eigenvalue weighted by Crippen LogP contribution is 2.56. The fourth-order valence-corrected chi connectivity index (χ4v) is 10.5. The first-order chi connectivity index (χ1) is 31.8. The molecule has 5 heterocycles. The summed E-state index contributed by atoms with van der Waals surface area (Å²) in [6.07, 6.45) is 12.3. The Morgan fingerprint density at radius 1 is 0.848 bits per heavy atom. The molecule has 0 bridgehead atoms. The molecule has 1 aromatic carbocycles. The quantitative estimate of drug-likeness (QED) is 0.0910. The molecule has 2 amide bonds. The van der Waals surface area contributed by atoms with Gasteiger partial charge in [0.2, 0.25) is 11.9 Å². The number of carbonyl (C=O) groups excluding carboxylic acids is 3. The van der Waals surface area contributed by atoms with Gasteiger partial charge >= 0.3 is 0 Å². The van der Waals surface area contributed by atoms with Gasteiger partial charge in [-0.1, -0.05) is 31.9 Å². The molecule has 0 unspecified atom stereocenters. The maximum Gasteiger partial charge on any atom is 0.263 e. The van der Waals surface area contributed by atoms with Crippen molar-refractivity contribution in [1.82, 2.24) is 44.8 Å². The van der Waals surface area contributed by atoms with Crippen LogP contribution >= 0.6 is 0 Å². The number of anilines is 5. The van der Waals surface area contributed by atoms with Crippen molar-refractivity contribution in [3.63, 3.8) is 0 Å². The molecular weight excluding hydrogens is 835 g/mol. The van der Waals surface area contributed by atoms with Crippen molar-refractivity contribution in [3.05, 3.63) is 93.0 Å². The van der Waals surface area contributed by atoms with Gasteiger partial charge in [-0.25, -0.2) is 9.97 Å². The topological polar surface area (TPSA) is 195 Å². The number of piperazine rings is 1. The van der Waals surface area contributed by atoms with Crippen molar-refractivity contribution < 1.29 is 14.4 Å². The lowest BCUT2D eigenvalue weighted by atomic mass is 9.52. The molecule has 0 radical (unpaired) electrons. The molecule has 5 aromatic rings. The van der Waals surface area contributed by atoms with Crippen LogP contribution in [-0.4, -0.2) is 116 Å². The Hall–Kier alpha value is -6.33. The summed E-state index contributed by atoms with van der Waals surface area (Å²) in [6.45, 7) is 9.84. The molecule has 9 rings (SSSR count). The van der Waals surface area contributed by atoms with Crippen LogP contribution in [-0.2, 0) is 17.8 Å². The van der Waals surface area contributed by atoms with Gasteiger partial charge in [-0.2, -0.15) is 4.98 Å². The van der Waals surface area contributed by atoms with Crippen molar-refractivity contribution in [2.24, 2.45) is 5.41 Å². The predicted molar refractivity (Wildman–Crippen MR) is 256 cm³/mol. The number of carbonyl (C=O) groups is 3. The Kier molecular flexibility index (Phi) is 12.8. The number of ketones is 1. The number of nitrogens with zero attached hydrogens (tertiary/aromatic N) is 9. The number of aromatic nitrogens is 6. The maximum absolute atomic E-state index is 13.6. The van der Waals surface area contributed by atoms with Crippen molar-refractivity contribution >= 4 is 57.7 Å². The summed E-state index contributed by atoms with van der Waals surface area (Å²) in [6, 6.07) is 14.0. The van der Waals surface area contributed by atoms with Crippen LogP contribution in [0.4, 0.5) is 29.1 Å². The lowest BCUT2D eigenvalue weighted by molar-refractivity contribution is -0.126. The van der Waals surface area contributed by atoms with E-state index in [9.17, 15) is 19.2 Å². The lowest BCUT2D eigenvalue weighted by Crippen LogP contribution is -2.60. The normalized spacial score (nSPS) is 21.0. The zero-order valence-corrected chi connectivity index (χ0v) is 38.7. The molecule has 17 nitrogen and oxygen atoms in total. The number of pyridine rings is 2. The standard InChI is InChI=1S/C49H61N13O4/c1-6-32-11-13-37(46(65)54-41-15-16-42(58-57-41)59(4)5)39(21-32)52-34-22-49(23-34)24-35(25-49)53-43(64)29-61-19-17-60(18-20-61)28-33-12-14-40(50-26-33)55-48-51-27-38-30(2)44(31(3)63)47(66)62(45(38)56-48)36-9-7-8-10-36/h11-16,21,26-27,34-36,52H,6-10,17-20,22-25,28-29H2,1-5H3,(H,53,64)(H,54,57,65)(H,50,51,55,56). The molecule has 4 N–H and O–H groups in total. The highest BCUT2D eigenvalue weighted by molar-refractivity contribution is 6.07. The highest BCUT2D eigenvalue weighted by atomic mass is 16.2. The minimum absolute atomic E-state index is 0.00853.